The Morgan fingerprint density at radius 1 is 1.56 bits per heavy atom. The summed E-state index contributed by atoms with van der Waals surface area (Å²) in [4.78, 5) is 4.20. The molecule has 0 atom stereocenters. The molecule has 9 heavy (non-hydrogen) atoms. The van der Waals surface area contributed by atoms with E-state index in [1.807, 2.05) is 25.5 Å². The Bertz CT molecular complexity index is 240. The fraction of sp³-hybridized carbons (Fsp3) is 0.571. The molecular formula is C7H12N2. The van der Waals surface area contributed by atoms with Crippen LogP contribution in [0.3, 0.4) is 0 Å². The highest BCUT2D eigenvalue weighted by molar-refractivity contribution is 5.12. The van der Waals surface area contributed by atoms with Gasteiger partial charge in [0.2, 0.25) is 0 Å². The zero-order valence-corrected chi connectivity index (χ0v) is 6.10. The van der Waals surface area contributed by atoms with Crippen molar-refractivity contribution in [3.63, 3.8) is 0 Å². The summed E-state index contributed by atoms with van der Waals surface area (Å²) < 4.78 is 9.07. The van der Waals surface area contributed by atoms with Gasteiger partial charge in [-0.1, -0.05) is 0 Å². The van der Waals surface area contributed by atoms with Gasteiger partial charge in [0.1, 0.15) is 5.82 Å². The van der Waals surface area contributed by atoms with Crippen LogP contribution in [0, 0.1) is 20.7 Å². The molecular weight excluding hydrogens is 112 g/mol. The first kappa shape index (κ1) is 5.03. The summed E-state index contributed by atoms with van der Waals surface area (Å²) in [7, 11) is 1.94. The SMILES string of the molecule is [2H]Cc1nc(C)c(C)n1C. The minimum Gasteiger partial charge on any atom is -0.335 e. The average Bonchev–Trinajstić information content (AvgIpc) is 2.17. The minimum absolute atomic E-state index is 0.269. The molecule has 0 unspecified atom stereocenters. The maximum atomic E-state index is 7.11. The normalized spacial score (nSPS) is 11.7. The second kappa shape index (κ2) is 1.87. The molecule has 0 aliphatic rings. The van der Waals surface area contributed by atoms with E-state index in [2.05, 4.69) is 4.98 Å². The lowest BCUT2D eigenvalue weighted by Gasteiger charge is -1.94. The summed E-state index contributed by atoms with van der Waals surface area (Å²) in [5, 5.41) is 0. The van der Waals surface area contributed by atoms with Crippen LogP contribution in [0.4, 0.5) is 0 Å². The molecule has 0 aliphatic carbocycles. The molecule has 1 aromatic rings. The maximum absolute atomic E-state index is 7.11. The molecule has 0 spiro atoms. The third kappa shape index (κ3) is 0.846. The first-order valence-electron chi connectivity index (χ1n) is 3.65. The highest BCUT2D eigenvalue weighted by atomic mass is 15.1. The van der Waals surface area contributed by atoms with Crippen molar-refractivity contribution in [2.75, 3.05) is 0 Å². The van der Waals surface area contributed by atoms with Crippen LogP contribution in [0.2, 0.25) is 0 Å². The molecule has 1 rings (SSSR count). The van der Waals surface area contributed by atoms with Crippen molar-refractivity contribution in [1.29, 1.82) is 0 Å². The summed E-state index contributed by atoms with van der Waals surface area (Å²) >= 11 is 0. The lowest BCUT2D eigenvalue weighted by Crippen LogP contribution is -1.92. The maximum Gasteiger partial charge on any atom is 0.105 e. The van der Waals surface area contributed by atoms with E-state index in [-0.39, 0.29) is 6.90 Å². The third-order valence-corrected chi connectivity index (χ3v) is 1.71. The van der Waals surface area contributed by atoms with E-state index in [4.69, 9.17) is 1.37 Å². The molecule has 0 radical (unpaired) electrons. The van der Waals surface area contributed by atoms with Crippen LogP contribution >= 0.6 is 0 Å². The topological polar surface area (TPSA) is 17.8 Å². The number of nitrogens with zero attached hydrogens (tertiary/aromatic N) is 2. The molecule has 0 aliphatic heterocycles. The van der Waals surface area contributed by atoms with Gasteiger partial charge in [0, 0.05) is 14.1 Å². The van der Waals surface area contributed by atoms with E-state index in [9.17, 15) is 0 Å². The summed E-state index contributed by atoms with van der Waals surface area (Å²) in [5.74, 6) is 0.843. The smallest absolute Gasteiger partial charge is 0.105 e. The Balaban J connectivity index is 3.17. The van der Waals surface area contributed by atoms with Crippen molar-refractivity contribution in [2.24, 2.45) is 7.05 Å². The van der Waals surface area contributed by atoms with Gasteiger partial charge in [-0.05, 0) is 20.7 Å². The average molecular weight is 125 g/mol. The van der Waals surface area contributed by atoms with Crippen LogP contribution in [0.25, 0.3) is 0 Å². The van der Waals surface area contributed by atoms with E-state index >= 15 is 0 Å². The van der Waals surface area contributed by atoms with Crippen LogP contribution in [0.15, 0.2) is 0 Å². The number of aryl methyl sites for hydroxylation is 2. The third-order valence-electron chi connectivity index (χ3n) is 1.71. The van der Waals surface area contributed by atoms with Crippen molar-refractivity contribution in [2.45, 2.75) is 20.7 Å². The number of aromatic nitrogens is 2. The van der Waals surface area contributed by atoms with Crippen LogP contribution < -0.4 is 0 Å². The summed E-state index contributed by atoms with van der Waals surface area (Å²) in [6.45, 7) is 4.25. The van der Waals surface area contributed by atoms with Crippen LogP contribution in [-0.2, 0) is 7.05 Å². The predicted octanol–water partition coefficient (Wildman–Crippen LogP) is 1.35. The fourth-order valence-corrected chi connectivity index (χ4v) is 0.786. The Labute approximate surface area is 56.9 Å². The summed E-state index contributed by atoms with van der Waals surface area (Å²) in [5.41, 5.74) is 2.19. The van der Waals surface area contributed by atoms with Gasteiger partial charge in [0.05, 0.1) is 5.69 Å². The molecule has 2 heteroatoms. The van der Waals surface area contributed by atoms with Crippen molar-refractivity contribution in [3.8, 4) is 0 Å². The van der Waals surface area contributed by atoms with Crippen molar-refractivity contribution in [1.82, 2.24) is 9.55 Å². The molecule has 0 bridgehead atoms. The minimum atomic E-state index is 0.269. The van der Waals surface area contributed by atoms with Gasteiger partial charge < -0.3 is 4.57 Å². The number of imidazole rings is 1. The lowest BCUT2D eigenvalue weighted by molar-refractivity contribution is 0.827. The monoisotopic (exact) mass is 125 g/mol. The Kier molecular flexibility index (Phi) is 1.04. The van der Waals surface area contributed by atoms with Gasteiger partial charge >= 0.3 is 0 Å². The number of hydrogen-bond acceptors (Lipinski definition) is 1. The van der Waals surface area contributed by atoms with Gasteiger partial charge in [-0.15, -0.1) is 0 Å². The van der Waals surface area contributed by atoms with E-state index < -0.39 is 0 Å². The Hall–Kier alpha value is -0.790. The standard InChI is InChI=1S/C7H12N2/c1-5-6(2)9(4)7(3)8-5/h1-4H3/i3D. The quantitative estimate of drug-likeness (QED) is 0.511. The van der Waals surface area contributed by atoms with E-state index in [0.717, 1.165) is 17.2 Å². The number of rotatable bonds is 0. The largest absolute Gasteiger partial charge is 0.335 e. The zero-order chi connectivity index (χ0) is 7.72. The Morgan fingerprint density at radius 2 is 2.22 bits per heavy atom. The van der Waals surface area contributed by atoms with Gasteiger partial charge in [-0.3, -0.25) is 0 Å². The molecule has 0 saturated carbocycles. The Morgan fingerprint density at radius 3 is 2.44 bits per heavy atom. The summed E-state index contributed by atoms with van der Waals surface area (Å²) in [6.07, 6.45) is 0. The molecule has 0 aromatic carbocycles. The molecule has 0 saturated heterocycles. The molecule has 1 aromatic heterocycles. The van der Waals surface area contributed by atoms with Gasteiger partial charge in [-0.25, -0.2) is 4.98 Å². The first-order chi connectivity index (χ1) is 4.66. The van der Waals surface area contributed by atoms with Gasteiger partial charge in [0.15, 0.2) is 0 Å². The van der Waals surface area contributed by atoms with Crippen molar-refractivity contribution >= 4 is 0 Å². The highest BCUT2D eigenvalue weighted by Crippen LogP contribution is 2.05. The fourth-order valence-electron chi connectivity index (χ4n) is 0.786. The van der Waals surface area contributed by atoms with Crippen LogP contribution in [0.5, 0.6) is 0 Å². The molecule has 2 nitrogen and oxygen atoms in total. The second-order valence-electron chi connectivity index (χ2n) is 2.26. The van der Waals surface area contributed by atoms with E-state index in [1.54, 1.807) is 0 Å². The number of hydrogen-bond donors (Lipinski definition) is 0. The molecule has 0 N–H and O–H groups in total. The van der Waals surface area contributed by atoms with E-state index in [1.165, 1.54) is 0 Å². The van der Waals surface area contributed by atoms with Gasteiger partial charge in [-0.2, -0.15) is 0 Å². The lowest BCUT2D eigenvalue weighted by atomic mass is 10.4. The van der Waals surface area contributed by atoms with Gasteiger partial charge in [0.25, 0.3) is 0 Å². The highest BCUT2D eigenvalue weighted by Gasteiger charge is 2.00. The van der Waals surface area contributed by atoms with E-state index in [0.29, 0.717) is 0 Å². The van der Waals surface area contributed by atoms with Crippen LogP contribution in [0.1, 0.15) is 18.6 Å². The molecule has 1 heterocycles. The predicted molar refractivity (Wildman–Crippen MR) is 37.4 cm³/mol. The molecule has 0 fully saturated rings. The van der Waals surface area contributed by atoms with Crippen molar-refractivity contribution < 1.29 is 1.37 Å². The molecule has 50 valence electrons. The second-order valence-corrected chi connectivity index (χ2v) is 2.26. The van der Waals surface area contributed by atoms with Crippen LogP contribution in [-0.4, -0.2) is 9.55 Å². The summed E-state index contributed by atoms with van der Waals surface area (Å²) in [6, 6.07) is 0. The molecule has 0 amide bonds. The van der Waals surface area contributed by atoms with Crippen molar-refractivity contribution in [3.05, 3.63) is 17.2 Å². The zero-order valence-electron chi connectivity index (χ0n) is 7.10. The first-order valence-corrected chi connectivity index (χ1v) is 2.95.